The van der Waals surface area contributed by atoms with Crippen molar-refractivity contribution in [2.24, 2.45) is 0 Å². The van der Waals surface area contributed by atoms with Gasteiger partial charge in [0.25, 0.3) is 0 Å². The fraction of sp³-hybridized carbons (Fsp3) is 0.533. The molecular weight excluding hydrogens is 274 g/mol. The lowest BCUT2D eigenvalue weighted by Gasteiger charge is -2.18. The van der Waals surface area contributed by atoms with Crippen LogP contribution in [0.4, 0.5) is 0 Å². The van der Waals surface area contributed by atoms with E-state index in [0.717, 1.165) is 43.1 Å². The monoisotopic (exact) mass is 295 g/mol. The van der Waals surface area contributed by atoms with Gasteiger partial charge in [-0.1, -0.05) is 25.4 Å². The quantitative estimate of drug-likeness (QED) is 0.841. The molecule has 2 heterocycles. The summed E-state index contributed by atoms with van der Waals surface area (Å²) in [6.07, 6.45) is 3.78. The fourth-order valence-corrected chi connectivity index (χ4v) is 2.53. The summed E-state index contributed by atoms with van der Waals surface area (Å²) in [7, 11) is 0. The second-order valence-corrected chi connectivity index (χ2v) is 5.34. The first-order chi connectivity index (χ1) is 9.67. The predicted octanol–water partition coefficient (Wildman–Crippen LogP) is 3.94. The second kappa shape index (κ2) is 6.95. The average molecular weight is 296 g/mol. The van der Waals surface area contributed by atoms with E-state index in [9.17, 15) is 0 Å². The minimum atomic E-state index is -0.0507. The zero-order chi connectivity index (χ0) is 14.5. The maximum absolute atomic E-state index is 6.35. The van der Waals surface area contributed by atoms with E-state index in [0.29, 0.717) is 5.02 Å². The lowest BCUT2D eigenvalue weighted by Crippen LogP contribution is -2.26. The Kier molecular flexibility index (Phi) is 5.26. The van der Waals surface area contributed by atoms with E-state index in [-0.39, 0.29) is 6.04 Å². The van der Waals surface area contributed by atoms with Gasteiger partial charge in [0.1, 0.15) is 17.6 Å². The number of aromatic nitrogens is 2. The maximum atomic E-state index is 6.35. The van der Waals surface area contributed by atoms with Crippen molar-refractivity contribution < 1.29 is 4.42 Å². The zero-order valence-electron chi connectivity index (χ0n) is 12.3. The summed E-state index contributed by atoms with van der Waals surface area (Å²) in [6, 6.07) is 3.93. The molecule has 0 aliphatic heterocycles. The summed E-state index contributed by atoms with van der Waals surface area (Å²) in [5.41, 5.74) is 0.983. The lowest BCUT2D eigenvalue weighted by molar-refractivity contribution is 0.411. The van der Waals surface area contributed by atoms with E-state index >= 15 is 0 Å². The van der Waals surface area contributed by atoms with Gasteiger partial charge in [0.05, 0.1) is 16.9 Å². The van der Waals surface area contributed by atoms with E-state index in [1.54, 1.807) is 6.20 Å². The summed E-state index contributed by atoms with van der Waals surface area (Å²) in [5, 5.41) is 8.55. The van der Waals surface area contributed by atoms with Crippen molar-refractivity contribution in [2.45, 2.75) is 46.2 Å². The molecule has 0 amide bonds. The van der Waals surface area contributed by atoms with Crippen molar-refractivity contribution >= 4 is 11.6 Å². The smallest absolute Gasteiger partial charge is 0.127 e. The summed E-state index contributed by atoms with van der Waals surface area (Å²) in [4.78, 5) is 0. The molecule has 0 spiro atoms. The van der Waals surface area contributed by atoms with Crippen LogP contribution >= 0.6 is 11.6 Å². The summed E-state index contributed by atoms with van der Waals surface area (Å²) < 4.78 is 7.76. The van der Waals surface area contributed by atoms with E-state index in [2.05, 4.69) is 24.3 Å². The molecule has 0 aliphatic carbocycles. The van der Waals surface area contributed by atoms with E-state index < -0.39 is 0 Å². The normalized spacial score (nSPS) is 12.8. The minimum absolute atomic E-state index is 0.0507. The molecule has 110 valence electrons. The average Bonchev–Trinajstić information content (AvgIpc) is 3.00. The molecule has 0 fully saturated rings. The third kappa shape index (κ3) is 3.25. The van der Waals surface area contributed by atoms with Crippen LogP contribution in [0, 0.1) is 6.92 Å². The molecule has 0 aliphatic rings. The zero-order valence-corrected chi connectivity index (χ0v) is 13.1. The highest BCUT2D eigenvalue weighted by Crippen LogP contribution is 2.29. The molecule has 1 unspecified atom stereocenters. The van der Waals surface area contributed by atoms with Gasteiger partial charge in [-0.2, -0.15) is 5.10 Å². The Bertz CT molecular complexity index is 547. The molecule has 0 saturated heterocycles. The molecule has 0 saturated carbocycles. The van der Waals surface area contributed by atoms with Crippen LogP contribution in [0.15, 0.2) is 22.7 Å². The number of furan rings is 1. The molecule has 2 aromatic rings. The molecular formula is C15H22ClN3O. The summed E-state index contributed by atoms with van der Waals surface area (Å²) >= 11 is 6.35. The number of hydrogen-bond donors (Lipinski definition) is 1. The van der Waals surface area contributed by atoms with Crippen molar-refractivity contribution in [2.75, 3.05) is 6.54 Å². The molecule has 4 nitrogen and oxygen atoms in total. The molecule has 2 rings (SSSR count). The predicted molar refractivity (Wildman–Crippen MR) is 81.1 cm³/mol. The van der Waals surface area contributed by atoms with Crippen LogP contribution in [0.1, 0.15) is 49.9 Å². The van der Waals surface area contributed by atoms with Crippen LogP contribution in [0.2, 0.25) is 5.02 Å². The van der Waals surface area contributed by atoms with E-state index in [1.807, 2.05) is 23.7 Å². The number of rotatable bonds is 7. The molecule has 1 N–H and O–H groups in total. The first-order valence-electron chi connectivity index (χ1n) is 7.18. The van der Waals surface area contributed by atoms with Crippen LogP contribution in [-0.2, 0) is 6.54 Å². The minimum Gasteiger partial charge on any atom is -0.464 e. The third-order valence-corrected chi connectivity index (χ3v) is 3.48. The standard InChI is InChI=1S/C15H22ClN3O/c1-4-8-17-14(13-7-6-11(3)20-13)15-12(16)10-18-19(15)9-5-2/h6-7,10,14,17H,4-5,8-9H2,1-3H3. The lowest BCUT2D eigenvalue weighted by atomic mass is 10.1. The highest BCUT2D eigenvalue weighted by Gasteiger charge is 2.24. The largest absolute Gasteiger partial charge is 0.464 e. The highest BCUT2D eigenvalue weighted by atomic mass is 35.5. The second-order valence-electron chi connectivity index (χ2n) is 4.94. The van der Waals surface area contributed by atoms with Crippen LogP contribution in [0.5, 0.6) is 0 Å². The van der Waals surface area contributed by atoms with Crippen LogP contribution in [0.25, 0.3) is 0 Å². The van der Waals surface area contributed by atoms with Gasteiger partial charge in [-0.3, -0.25) is 4.68 Å². The first kappa shape index (κ1) is 15.1. The summed E-state index contributed by atoms with van der Waals surface area (Å²) in [6.45, 7) is 7.97. The Labute approximate surface area is 125 Å². The summed E-state index contributed by atoms with van der Waals surface area (Å²) in [5.74, 6) is 1.79. The number of hydrogen-bond acceptors (Lipinski definition) is 3. The third-order valence-electron chi connectivity index (χ3n) is 3.19. The highest BCUT2D eigenvalue weighted by molar-refractivity contribution is 6.31. The Balaban J connectivity index is 2.37. The van der Waals surface area contributed by atoms with Crippen molar-refractivity contribution in [3.8, 4) is 0 Å². The van der Waals surface area contributed by atoms with E-state index in [4.69, 9.17) is 16.0 Å². The topological polar surface area (TPSA) is 43.0 Å². The fourth-order valence-electron chi connectivity index (χ4n) is 2.28. The Morgan fingerprint density at radius 2 is 2.15 bits per heavy atom. The van der Waals surface area contributed by atoms with Gasteiger partial charge in [0.2, 0.25) is 0 Å². The van der Waals surface area contributed by atoms with Crippen molar-refractivity contribution in [1.82, 2.24) is 15.1 Å². The van der Waals surface area contributed by atoms with Crippen molar-refractivity contribution in [3.63, 3.8) is 0 Å². The Hall–Kier alpha value is -1.26. The van der Waals surface area contributed by atoms with Gasteiger partial charge in [0, 0.05) is 6.54 Å². The molecule has 0 aromatic carbocycles. The number of nitrogens with one attached hydrogen (secondary N) is 1. The Morgan fingerprint density at radius 3 is 2.75 bits per heavy atom. The number of halogens is 1. The van der Waals surface area contributed by atoms with Gasteiger partial charge >= 0.3 is 0 Å². The molecule has 2 aromatic heterocycles. The van der Waals surface area contributed by atoms with Gasteiger partial charge in [-0.25, -0.2) is 0 Å². The van der Waals surface area contributed by atoms with E-state index in [1.165, 1.54) is 0 Å². The van der Waals surface area contributed by atoms with Crippen molar-refractivity contribution in [1.29, 1.82) is 0 Å². The van der Waals surface area contributed by atoms with Gasteiger partial charge < -0.3 is 9.73 Å². The number of nitrogens with zero attached hydrogens (tertiary/aromatic N) is 2. The first-order valence-corrected chi connectivity index (χ1v) is 7.56. The van der Waals surface area contributed by atoms with Gasteiger partial charge in [-0.05, 0) is 38.4 Å². The van der Waals surface area contributed by atoms with Gasteiger partial charge in [0.15, 0.2) is 0 Å². The SMILES string of the molecule is CCCNC(c1ccc(C)o1)c1c(Cl)cnn1CCC. The van der Waals surface area contributed by atoms with Crippen LogP contribution in [-0.4, -0.2) is 16.3 Å². The molecule has 20 heavy (non-hydrogen) atoms. The number of aryl methyl sites for hydroxylation is 2. The molecule has 5 heteroatoms. The molecule has 0 radical (unpaired) electrons. The van der Waals surface area contributed by atoms with Crippen LogP contribution < -0.4 is 5.32 Å². The molecule has 1 atom stereocenters. The Morgan fingerprint density at radius 1 is 1.35 bits per heavy atom. The molecule has 0 bridgehead atoms. The van der Waals surface area contributed by atoms with Gasteiger partial charge in [-0.15, -0.1) is 0 Å². The van der Waals surface area contributed by atoms with Crippen LogP contribution in [0.3, 0.4) is 0 Å². The van der Waals surface area contributed by atoms with Crippen molar-refractivity contribution in [3.05, 3.63) is 40.6 Å². The maximum Gasteiger partial charge on any atom is 0.127 e.